The Labute approximate surface area is 166 Å². The van der Waals surface area contributed by atoms with Crippen molar-refractivity contribution in [1.29, 1.82) is 0 Å². The summed E-state index contributed by atoms with van der Waals surface area (Å²) in [4.78, 5) is 8.54. The summed E-state index contributed by atoms with van der Waals surface area (Å²) in [5.74, 6) is 2.11. The average molecular weight is 384 g/mol. The highest BCUT2D eigenvalue weighted by molar-refractivity contribution is 5.79. The number of aromatic nitrogens is 1. The molecule has 150 valence electrons. The number of nitrogens with zero attached hydrogens (tertiary/aromatic N) is 2. The number of para-hydroxylation sites is 1. The predicted molar refractivity (Wildman–Crippen MR) is 111 cm³/mol. The van der Waals surface area contributed by atoms with Crippen molar-refractivity contribution in [2.24, 2.45) is 4.99 Å². The Kier molecular flexibility index (Phi) is 9.37. The molecule has 0 amide bonds. The van der Waals surface area contributed by atoms with Gasteiger partial charge >= 0.3 is 0 Å². The lowest BCUT2D eigenvalue weighted by atomic mass is 10.2. The molecule has 2 aromatic rings. The summed E-state index contributed by atoms with van der Waals surface area (Å²) in [6, 6.07) is 11.7. The summed E-state index contributed by atoms with van der Waals surface area (Å²) in [6.07, 6.45) is 3.51. The minimum atomic E-state index is 0.474. The second kappa shape index (κ2) is 12.3. The zero-order chi connectivity index (χ0) is 20.0. The lowest BCUT2D eigenvalue weighted by molar-refractivity contribution is 0.143. The topological polar surface area (TPSA) is 77.0 Å². The van der Waals surface area contributed by atoms with Crippen molar-refractivity contribution in [3.63, 3.8) is 0 Å². The first-order valence-corrected chi connectivity index (χ1v) is 9.09. The molecule has 7 heteroatoms. The number of hydrogen-bond donors (Lipinski definition) is 2. The van der Waals surface area contributed by atoms with Crippen LogP contribution in [0.2, 0.25) is 0 Å². The van der Waals surface area contributed by atoms with E-state index in [0.29, 0.717) is 44.7 Å². The van der Waals surface area contributed by atoms with Gasteiger partial charge in [0.15, 0.2) is 5.96 Å². The summed E-state index contributed by atoms with van der Waals surface area (Å²) >= 11 is 0. The van der Waals surface area contributed by atoms with E-state index < -0.39 is 0 Å². The van der Waals surface area contributed by atoms with Gasteiger partial charge in [-0.25, -0.2) is 4.98 Å². The number of pyridine rings is 1. The zero-order valence-electron chi connectivity index (χ0n) is 16.5. The second-order valence-electron chi connectivity index (χ2n) is 5.83. The fourth-order valence-corrected chi connectivity index (χ4v) is 2.36. The molecule has 1 aromatic carbocycles. The summed E-state index contributed by atoms with van der Waals surface area (Å²) in [5.41, 5.74) is 2.07. The van der Waals surface area contributed by atoms with Gasteiger partial charge in [-0.05, 0) is 11.6 Å². The van der Waals surface area contributed by atoms with Gasteiger partial charge in [0.2, 0.25) is 5.88 Å². The number of hydrogen-bond acceptors (Lipinski definition) is 5. The molecule has 0 aliphatic rings. The fourth-order valence-electron chi connectivity index (χ4n) is 2.36. The van der Waals surface area contributed by atoms with Gasteiger partial charge in [0, 0.05) is 45.1 Å². The number of ether oxygens (including phenoxy) is 3. The predicted octanol–water partition coefficient (Wildman–Crippen LogP) is 2.54. The molecule has 0 aliphatic heterocycles. The third-order valence-corrected chi connectivity index (χ3v) is 3.79. The second-order valence-corrected chi connectivity index (χ2v) is 5.83. The number of methoxy groups -OCH3 is 1. The Hall–Kier alpha value is -3.06. The zero-order valence-corrected chi connectivity index (χ0v) is 16.5. The van der Waals surface area contributed by atoms with Gasteiger partial charge in [-0.3, -0.25) is 4.99 Å². The molecule has 1 heterocycles. The quantitative estimate of drug-likeness (QED) is 0.268. The number of rotatable bonds is 11. The average Bonchev–Trinajstić information content (AvgIpc) is 2.74. The lowest BCUT2D eigenvalue weighted by Crippen LogP contribution is -2.36. The van der Waals surface area contributed by atoms with E-state index in [-0.39, 0.29) is 0 Å². The van der Waals surface area contributed by atoms with Crippen molar-refractivity contribution in [2.75, 3.05) is 34.0 Å². The highest BCUT2D eigenvalue weighted by Crippen LogP contribution is 2.17. The van der Waals surface area contributed by atoms with E-state index in [2.05, 4.69) is 27.2 Å². The van der Waals surface area contributed by atoms with E-state index in [4.69, 9.17) is 14.2 Å². The molecule has 0 saturated carbocycles. The van der Waals surface area contributed by atoms with Gasteiger partial charge in [0.25, 0.3) is 0 Å². The molecular weight excluding hydrogens is 356 g/mol. The van der Waals surface area contributed by atoms with Gasteiger partial charge in [0.1, 0.15) is 19.0 Å². The van der Waals surface area contributed by atoms with Crippen LogP contribution in [0.1, 0.15) is 11.1 Å². The minimum absolute atomic E-state index is 0.474. The van der Waals surface area contributed by atoms with E-state index >= 15 is 0 Å². The van der Waals surface area contributed by atoms with Crippen LogP contribution in [0.3, 0.4) is 0 Å². The fraction of sp³-hybridized carbons (Fsp3) is 0.333. The molecular formula is C21H28N4O3. The number of nitrogens with one attached hydrogen (secondary N) is 2. The van der Waals surface area contributed by atoms with E-state index in [0.717, 1.165) is 16.9 Å². The van der Waals surface area contributed by atoms with Crippen molar-refractivity contribution < 1.29 is 14.2 Å². The van der Waals surface area contributed by atoms with Crippen molar-refractivity contribution in [3.05, 3.63) is 66.4 Å². The van der Waals surface area contributed by atoms with Crippen LogP contribution in [0.4, 0.5) is 0 Å². The van der Waals surface area contributed by atoms with Gasteiger partial charge < -0.3 is 24.8 Å². The molecule has 2 rings (SSSR count). The molecule has 7 nitrogen and oxygen atoms in total. The van der Waals surface area contributed by atoms with Crippen LogP contribution in [0.15, 0.2) is 60.2 Å². The molecule has 28 heavy (non-hydrogen) atoms. The molecule has 0 aliphatic carbocycles. The summed E-state index contributed by atoms with van der Waals surface area (Å²) < 4.78 is 16.1. The van der Waals surface area contributed by atoms with Gasteiger partial charge in [-0.2, -0.15) is 0 Å². The maximum Gasteiger partial charge on any atom is 0.213 e. The van der Waals surface area contributed by atoms with Crippen molar-refractivity contribution in [1.82, 2.24) is 15.6 Å². The Morgan fingerprint density at radius 2 is 1.93 bits per heavy atom. The Morgan fingerprint density at radius 1 is 1.11 bits per heavy atom. The summed E-state index contributed by atoms with van der Waals surface area (Å²) in [7, 11) is 3.37. The standard InChI is InChI=1S/C21H28N4O3/c1-4-11-27-19-8-6-5-7-18(19)16-25-21(22-2)24-15-17-9-10-20(23-14-17)28-13-12-26-3/h4-10,14H,1,11-13,15-16H2,2-3H3,(H2,22,24,25). The molecule has 0 unspecified atom stereocenters. The Morgan fingerprint density at radius 3 is 2.64 bits per heavy atom. The van der Waals surface area contributed by atoms with Crippen molar-refractivity contribution >= 4 is 5.96 Å². The van der Waals surface area contributed by atoms with E-state index in [1.807, 2.05) is 36.4 Å². The van der Waals surface area contributed by atoms with Crippen LogP contribution in [0.5, 0.6) is 11.6 Å². The van der Waals surface area contributed by atoms with Gasteiger partial charge in [-0.1, -0.05) is 36.9 Å². The van der Waals surface area contributed by atoms with Gasteiger partial charge in [-0.15, -0.1) is 0 Å². The molecule has 0 radical (unpaired) electrons. The Balaban J connectivity index is 1.82. The van der Waals surface area contributed by atoms with E-state index in [9.17, 15) is 0 Å². The number of guanidine groups is 1. The van der Waals surface area contributed by atoms with E-state index in [1.165, 1.54) is 0 Å². The first kappa shape index (κ1) is 21.2. The highest BCUT2D eigenvalue weighted by Gasteiger charge is 2.05. The van der Waals surface area contributed by atoms with Crippen LogP contribution >= 0.6 is 0 Å². The van der Waals surface area contributed by atoms with Crippen LogP contribution in [-0.4, -0.2) is 44.9 Å². The monoisotopic (exact) mass is 384 g/mol. The third-order valence-electron chi connectivity index (χ3n) is 3.79. The third kappa shape index (κ3) is 7.28. The Bertz CT molecular complexity index is 748. The van der Waals surface area contributed by atoms with Crippen LogP contribution in [0, 0.1) is 0 Å². The maximum atomic E-state index is 5.68. The van der Waals surface area contributed by atoms with E-state index in [1.54, 1.807) is 26.4 Å². The SMILES string of the molecule is C=CCOc1ccccc1CNC(=NC)NCc1ccc(OCCOC)nc1. The van der Waals surface area contributed by atoms with Crippen LogP contribution < -0.4 is 20.1 Å². The molecule has 2 N–H and O–H groups in total. The number of aliphatic imine (C=N–C) groups is 1. The first-order valence-electron chi connectivity index (χ1n) is 9.09. The van der Waals surface area contributed by atoms with Crippen LogP contribution in [-0.2, 0) is 17.8 Å². The van der Waals surface area contributed by atoms with Crippen molar-refractivity contribution in [2.45, 2.75) is 13.1 Å². The molecule has 0 fully saturated rings. The summed E-state index contributed by atoms with van der Waals surface area (Å²) in [6.45, 7) is 6.37. The molecule has 0 bridgehead atoms. The van der Waals surface area contributed by atoms with Crippen LogP contribution in [0.25, 0.3) is 0 Å². The minimum Gasteiger partial charge on any atom is -0.489 e. The smallest absolute Gasteiger partial charge is 0.213 e. The molecule has 0 spiro atoms. The first-order chi connectivity index (χ1) is 13.8. The molecule has 1 aromatic heterocycles. The lowest BCUT2D eigenvalue weighted by Gasteiger charge is -2.14. The van der Waals surface area contributed by atoms with Crippen molar-refractivity contribution in [3.8, 4) is 11.6 Å². The summed E-state index contributed by atoms with van der Waals surface area (Å²) in [5, 5.41) is 6.56. The normalized spacial score (nSPS) is 11.0. The largest absolute Gasteiger partial charge is 0.489 e. The highest BCUT2D eigenvalue weighted by atomic mass is 16.5. The molecule has 0 saturated heterocycles. The number of benzene rings is 1. The van der Waals surface area contributed by atoms with Gasteiger partial charge in [0.05, 0.1) is 6.61 Å². The maximum absolute atomic E-state index is 5.68. The molecule has 0 atom stereocenters.